The number of nitrogens with zero attached hydrogens (tertiary/aromatic N) is 1. The number of aromatic nitrogens is 1. The number of nitrogens with one attached hydrogen (secondary N) is 1. The molecule has 3 N–H and O–H groups in total. The van der Waals surface area contributed by atoms with E-state index >= 15 is 0 Å². The standard InChI is InChI=1S/C12H17N3O2/c13-11-10(2-1-5-14-11)12(16)15-6-3-9-4-7-17-8-9/h1-2,5,9H,3-4,6-8H2,(H2,13,14)(H,15,16). The van der Waals surface area contributed by atoms with Crippen molar-refractivity contribution in [2.75, 3.05) is 25.5 Å². The van der Waals surface area contributed by atoms with Crippen LogP contribution in [0.1, 0.15) is 23.2 Å². The molecule has 1 aliphatic rings. The molecule has 1 fully saturated rings. The van der Waals surface area contributed by atoms with Crippen LogP contribution in [-0.2, 0) is 4.74 Å². The van der Waals surface area contributed by atoms with Gasteiger partial charge in [-0.3, -0.25) is 4.79 Å². The molecule has 2 rings (SSSR count). The number of carbonyl (C=O) groups is 1. The second kappa shape index (κ2) is 5.63. The fourth-order valence-corrected chi connectivity index (χ4v) is 1.91. The largest absolute Gasteiger partial charge is 0.383 e. The van der Waals surface area contributed by atoms with Gasteiger partial charge in [-0.05, 0) is 30.9 Å². The van der Waals surface area contributed by atoms with E-state index in [1.54, 1.807) is 18.3 Å². The van der Waals surface area contributed by atoms with Crippen LogP contribution in [0, 0.1) is 5.92 Å². The summed E-state index contributed by atoms with van der Waals surface area (Å²) in [4.78, 5) is 15.7. The van der Waals surface area contributed by atoms with Gasteiger partial charge in [0.2, 0.25) is 0 Å². The molecule has 17 heavy (non-hydrogen) atoms. The maximum absolute atomic E-state index is 11.8. The lowest BCUT2D eigenvalue weighted by molar-refractivity contribution is 0.0951. The Labute approximate surface area is 100 Å². The highest BCUT2D eigenvalue weighted by atomic mass is 16.5. The zero-order valence-corrected chi connectivity index (χ0v) is 9.69. The van der Waals surface area contributed by atoms with Crippen molar-refractivity contribution in [2.45, 2.75) is 12.8 Å². The minimum Gasteiger partial charge on any atom is -0.383 e. The van der Waals surface area contributed by atoms with Gasteiger partial charge >= 0.3 is 0 Å². The summed E-state index contributed by atoms with van der Waals surface area (Å²) in [5.41, 5.74) is 6.06. The molecule has 0 bridgehead atoms. The maximum atomic E-state index is 11.8. The SMILES string of the molecule is Nc1ncccc1C(=O)NCCC1CCOC1. The van der Waals surface area contributed by atoms with Crippen molar-refractivity contribution >= 4 is 11.7 Å². The quantitative estimate of drug-likeness (QED) is 0.810. The highest BCUT2D eigenvalue weighted by Gasteiger charge is 2.16. The third-order valence-corrected chi connectivity index (χ3v) is 2.95. The normalized spacial score (nSPS) is 19.2. The van der Waals surface area contributed by atoms with Gasteiger partial charge in [0.25, 0.3) is 5.91 Å². The number of carbonyl (C=O) groups excluding carboxylic acids is 1. The summed E-state index contributed by atoms with van der Waals surface area (Å²) >= 11 is 0. The molecule has 1 unspecified atom stereocenters. The fraction of sp³-hybridized carbons (Fsp3) is 0.500. The predicted octanol–water partition coefficient (Wildman–Crippen LogP) is 0.820. The Hall–Kier alpha value is -1.62. The van der Waals surface area contributed by atoms with E-state index in [0.717, 1.165) is 26.1 Å². The number of ether oxygens (including phenoxy) is 1. The molecule has 0 aromatic carbocycles. The van der Waals surface area contributed by atoms with E-state index in [0.29, 0.717) is 18.0 Å². The van der Waals surface area contributed by atoms with Crippen molar-refractivity contribution < 1.29 is 9.53 Å². The van der Waals surface area contributed by atoms with Gasteiger partial charge < -0.3 is 15.8 Å². The van der Waals surface area contributed by atoms with Gasteiger partial charge in [-0.15, -0.1) is 0 Å². The number of pyridine rings is 1. The highest BCUT2D eigenvalue weighted by Crippen LogP contribution is 2.15. The first-order valence-electron chi connectivity index (χ1n) is 5.84. The summed E-state index contributed by atoms with van der Waals surface area (Å²) in [6, 6.07) is 3.38. The van der Waals surface area contributed by atoms with Crippen LogP contribution in [0.4, 0.5) is 5.82 Å². The van der Waals surface area contributed by atoms with E-state index in [1.807, 2.05) is 0 Å². The molecule has 5 heteroatoms. The third kappa shape index (κ3) is 3.17. The molecule has 2 heterocycles. The van der Waals surface area contributed by atoms with Crippen LogP contribution in [0.2, 0.25) is 0 Å². The Morgan fingerprint density at radius 1 is 1.65 bits per heavy atom. The van der Waals surface area contributed by atoms with Crippen LogP contribution in [-0.4, -0.2) is 30.6 Å². The molecule has 0 spiro atoms. The van der Waals surface area contributed by atoms with Gasteiger partial charge in [0.15, 0.2) is 0 Å². The number of nitrogens with two attached hydrogens (primary N) is 1. The Balaban J connectivity index is 1.79. The summed E-state index contributed by atoms with van der Waals surface area (Å²) in [5.74, 6) is 0.685. The van der Waals surface area contributed by atoms with Gasteiger partial charge in [-0.2, -0.15) is 0 Å². The first-order valence-corrected chi connectivity index (χ1v) is 5.84. The van der Waals surface area contributed by atoms with Crippen molar-refractivity contribution in [3.05, 3.63) is 23.9 Å². The lowest BCUT2D eigenvalue weighted by atomic mass is 10.1. The zero-order chi connectivity index (χ0) is 12.1. The van der Waals surface area contributed by atoms with E-state index in [9.17, 15) is 4.79 Å². The molecule has 1 aromatic rings. The summed E-state index contributed by atoms with van der Waals surface area (Å²) in [5, 5.41) is 2.85. The van der Waals surface area contributed by atoms with Gasteiger partial charge in [-0.1, -0.05) is 0 Å². The van der Waals surface area contributed by atoms with Crippen molar-refractivity contribution in [1.29, 1.82) is 0 Å². The van der Waals surface area contributed by atoms with Gasteiger partial charge in [0.1, 0.15) is 5.82 Å². The lowest BCUT2D eigenvalue weighted by Gasteiger charge is -2.09. The third-order valence-electron chi connectivity index (χ3n) is 2.95. The van der Waals surface area contributed by atoms with Crippen LogP contribution < -0.4 is 11.1 Å². The molecule has 1 atom stereocenters. The molecule has 5 nitrogen and oxygen atoms in total. The van der Waals surface area contributed by atoms with Crippen LogP contribution in [0.25, 0.3) is 0 Å². The molecule has 0 aliphatic carbocycles. The van der Waals surface area contributed by atoms with E-state index in [2.05, 4.69) is 10.3 Å². The van der Waals surface area contributed by atoms with Crippen molar-refractivity contribution in [1.82, 2.24) is 10.3 Å². The minimum atomic E-state index is -0.158. The number of hydrogen-bond acceptors (Lipinski definition) is 4. The molecule has 0 radical (unpaired) electrons. The Morgan fingerprint density at radius 3 is 3.24 bits per heavy atom. The Bertz CT molecular complexity index is 389. The lowest BCUT2D eigenvalue weighted by Crippen LogP contribution is -2.27. The van der Waals surface area contributed by atoms with Crippen molar-refractivity contribution in [3.8, 4) is 0 Å². The van der Waals surface area contributed by atoms with Crippen LogP contribution in [0.15, 0.2) is 18.3 Å². The average molecular weight is 235 g/mol. The summed E-state index contributed by atoms with van der Waals surface area (Å²) in [6.45, 7) is 2.31. The average Bonchev–Trinajstić information content (AvgIpc) is 2.82. The summed E-state index contributed by atoms with van der Waals surface area (Å²) < 4.78 is 5.28. The maximum Gasteiger partial charge on any atom is 0.255 e. The van der Waals surface area contributed by atoms with Crippen molar-refractivity contribution in [3.63, 3.8) is 0 Å². The first kappa shape index (κ1) is 11.9. The number of rotatable bonds is 4. The predicted molar refractivity (Wildman–Crippen MR) is 64.5 cm³/mol. The van der Waals surface area contributed by atoms with Crippen LogP contribution >= 0.6 is 0 Å². The molecule has 1 aliphatic heterocycles. The first-order chi connectivity index (χ1) is 8.27. The smallest absolute Gasteiger partial charge is 0.255 e. The van der Waals surface area contributed by atoms with Gasteiger partial charge in [0, 0.05) is 26.0 Å². The Kier molecular flexibility index (Phi) is 3.93. The minimum absolute atomic E-state index is 0.158. The van der Waals surface area contributed by atoms with Crippen LogP contribution in [0.3, 0.4) is 0 Å². The second-order valence-electron chi connectivity index (χ2n) is 4.21. The topological polar surface area (TPSA) is 77.2 Å². The summed E-state index contributed by atoms with van der Waals surface area (Å²) in [7, 11) is 0. The molecule has 0 saturated carbocycles. The van der Waals surface area contributed by atoms with Gasteiger partial charge in [-0.25, -0.2) is 4.98 Å². The second-order valence-corrected chi connectivity index (χ2v) is 4.21. The monoisotopic (exact) mass is 235 g/mol. The molecule has 1 amide bonds. The van der Waals surface area contributed by atoms with E-state index in [4.69, 9.17) is 10.5 Å². The number of anilines is 1. The zero-order valence-electron chi connectivity index (χ0n) is 9.69. The summed E-state index contributed by atoms with van der Waals surface area (Å²) in [6.07, 6.45) is 3.61. The van der Waals surface area contributed by atoms with Crippen molar-refractivity contribution in [2.24, 2.45) is 5.92 Å². The van der Waals surface area contributed by atoms with E-state index in [1.165, 1.54) is 0 Å². The van der Waals surface area contributed by atoms with Crippen LogP contribution in [0.5, 0.6) is 0 Å². The molecule has 92 valence electrons. The molecular weight excluding hydrogens is 218 g/mol. The fourth-order valence-electron chi connectivity index (χ4n) is 1.91. The number of hydrogen-bond donors (Lipinski definition) is 2. The molecular formula is C12H17N3O2. The molecule has 1 aromatic heterocycles. The number of amides is 1. The Morgan fingerprint density at radius 2 is 2.53 bits per heavy atom. The number of nitrogen functional groups attached to an aromatic ring is 1. The molecule has 1 saturated heterocycles. The van der Waals surface area contributed by atoms with Gasteiger partial charge in [0.05, 0.1) is 5.56 Å². The highest BCUT2D eigenvalue weighted by molar-refractivity contribution is 5.98. The van der Waals surface area contributed by atoms with E-state index in [-0.39, 0.29) is 11.7 Å². The van der Waals surface area contributed by atoms with E-state index < -0.39 is 0 Å².